The Balaban J connectivity index is 1.83. The van der Waals surface area contributed by atoms with Gasteiger partial charge in [-0.3, -0.25) is 5.32 Å². The summed E-state index contributed by atoms with van der Waals surface area (Å²) in [4.78, 5) is 11.7. The zero-order chi connectivity index (χ0) is 17.1. The van der Waals surface area contributed by atoms with E-state index in [4.69, 9.17) is 9.47 Å². The Hall–Kier alpha value is -2.49. The summed E-state index contributed by atoms with van der Waals surface area (Å²) in [6.45, 7) is 4.51. The molecule has 0 radical (unpaired) electrons. The van der Waals surface area contributed by atoms with Crippen molar-refractivity contribution in [2.45, 2.75) is 39.2 Å². The van der Waals surface area contributed by atoms with E-state index in [0.29, 0.717) is 12.5 Å². The predicted octanol–water partition coefficient (Wildman–Crippen LogP) is 4.94. The van der Waals surface area contributed by atoms with Crippen molar-refractivity contribution in [1.29, 1.82) is 0 Å². The van der Waals surface area contributed by atoms with Gasteiger partial charge in [-0.2, -0.15) is 0 Å². The lowest BCUT2D eigenvalue weighted by Crippen LogP contribution is -2.15. The van der Waals surface area contributed by atoms with Gasteiger partial charge in [0, 0.05) is 5.56 Å². The molecule has 1 aliphatic rings. The first-order valence-electron chi connectivity index (χ1n) is 8.25. The first-order chi connectivity index (χ1) is 11.6. The van der Waals surface area contributed by atoms with Crippen molar-refractivity contribution in [2.24, 2.45) is 0 Å². The summed E-state index contributed by atoms with van der Waals surface area (Å²) in [5.41, 5.74) is 5.28. The Labute approximate surface area is 142 Å². The third-order valence-electron chi connectivity index (χ3n) is 4.33. The van der Waals surface area contributed by atoms with Gasteiger partial charge >= 0.3 is 6.09 Å². The fraction of sp³-hybridized carbons (Fsp3) is 0.350. The standard InChI is InChI=1S/C20H23NO3/c1-13-7-10-18(14(2)11-13)24-12-16-5-4-6-17(15-8-9-15)19(16)21-20(22)23-3/h4-7,10-11,15H,8-9,12H2,1-3H3,(H,21,22). The minimum absolute atomic E-state index is 0.407. The minimum Gasteiger partial charge on any atom is -0.489 e. The molecule has 3 rings (SSSR count). The maximum Gasteiger partial charge on any atom is 0.411 e. The van der Waals surface area contributed by atoms with Crippen LogP contribution in [0.4, 0.5) is 10.5 Å². The molecule has 1 amide bonds. The number of rotatable bonds is 5. The molecule has 0 saturated heterocycles. The number of carbonyl (C=O) groups is 1. The van der Waals surface area contributed by atoms with Crippen molar-refractivity contribution in [2.75, 3.05) is 12.4 Å². The van der Waals surface area contributed by atoms with Crippen LogP contribution in [0.5, 0.6) is 5.75 Å². The molecule has 4 heteroatoms. The van der Waals surface area contributed by atoms with E-state index in [1.807, 2.05) is 31.2 Å². The SMILES string of the molecule is COC(=O)Nc1c(COc2ccc(C)cc2C)cccc1C1CC1. The van der Waals surface area contributed by atoms with E-state index in [2.05, 4.69) is 24.4 Å². The molecule has 2 aromatic rings. The highest BCUT2D eigenvalue weighted by molar-refractivity contribution is 5.87. The quantitative estimate of drug-likeness (QED) is 0.847. The Morgan fingerprint density at radius 2 is 2.00 bits per heavy atom. The highest BCUT2D eigenvalue weighted by Gasteiger charge is 2.28. The molecule has 1 aliphatic carbocycles. The van der Waals surface area contributed by atoms with E-state index < -0.39 is 6.09 Å². The molecule has 4 nitrogen and oxygen atoms in total. The van der Waals surface area contributed by atoms with Crippen LogP contribution in [0.2, 0.25) is 0 Å². The molecule has 0 aromatic heterocycles. The third-order valence-corrected chi connectivity index (χ3v) is 4.33. The van der Waals surface area contributed by atoms with Crippen LogP contribution in [-0.2, 0) is 11.3 Å². The molecule has 1 fully saturated rings. The molecule has 126 valence electrons. The minimum atomic E-state index is -0.448. The largest absolute Gasteiger partial charge is 0.489 e. The number of ether oxygens (including phenoxy) is 2. The van der Waals surface area contributed by atoms with Crippen LogP contribution < -0.4 is 10.1 Å². The lowest BCUT2D eigenvalue weighted by molar-refractivity contribution is 0.187. The average Bonchev–Trinajstić information content (AvgIpc) is 3.39. The van der Waals surface area contributed by atoms with Gasteiger partial charge in [0.25, 0.3) is 0 Å². The molecule has 0 heterocycles. The number of hydrogen-bond acceptors (Lipinski definition) is 3. The van der Waals surface area contributed by atoms with Crippen LogP contribution in [0.15, 0.2) is 36.4 Å². The number of nitrogens with one attached hydrogen (secondary N) is 1. The van der Waals surface area contributed by atoms with E-state index >= 15 is 0 Å². The normalized spacial score (nSPS) is 13.5. The molecule has 0 aliphatic heterocycles. The fourth-order valence-electron chi connectivity index (χ4n) is 2.90. The summed E-state index contributed by atoms with van der Waals surface area (Å²) >= 11 is 0. The Bertz CT molecular complexity index is 751. The summed E-state index contributed by atoms with van der Waals surface area (Å²) in [5.74, 6) is 1.39. The van der Waals surface area contributed by atoms with Gasteiger partial charge in [0.05, 0.1) is 12.8 Å². The van der Waals surface area contributed by atoms with E-state index in [1.54, 1.807) is 0 Å². The number of aryl methyl sites for hydroxylation is 2. The maximum absolute atomic E-state index is 11.7. The lowest BCUT2D eigenvalue weighted by Gasteiger charge is -2.16. The summed E-state index contributed by atoms with van der Waals surface area (Å²) in [5, 5.41) is 2.87. The molecule has 0 spiro atoms. The Morgan fingerprint density at radius 1 is 1.21 bits per heavy atom. The van der Waals surface area contributed by atoms with Gasteiger partial charge in [0.2, 0.25) is 0 Å². The summed E-state index contributed by atoms with van der Waals surface area (Å²) < 4.78 is 10.8. The number of amides is 1. The molecule has 24 heavy (non-hydrogen) atoms. The number of carbonyl (C=O) groups excluding carboxylic acids is 1. The molecular formula is C20H23NO3. The Kier molecular flexibility index (Phi) is 4.74. The van der Waals surface area contributed by atoms with Crippen LogP contribution in [0, 0.1) is 13.8 Å². The second-order valence-electron chi connectivity index (χ2n) is 6.33. The Morgan fingerprint density at radius 3 is 2.67 bits per heavy atom. The molecule has 2 aromatic carbocycles. The van der Waals surface area contributed by atoms with Gasteiger partial charge in [-0.05, 0) is 49.8 Å². The summed E-state index contributed by atoms with van der Waals surface area (Å²) in [6, 6.07) is 12.2. The maximum atomic E-state index is 11.7. The van der Waals surface area contributed by atoms with Crippen LogP contribution >= 0.6 is 0 Å². The number of benzene rings is 2. The molecule has 0 bridgehead atoms. The highest BCUT2D eigenvalue weighted by atomic mass is 16.5. The number of hydrogen-bond donors (Lipinski definition) is 1. The van der Waals surface area contributed by atoms with E-state index in [1.165, 1.54) is 18.2 Å². The van der Waals surface area contributed by atoms with E-state index in [0.717, 1.165) is 35.4 Å². The lowest BCUT2D eigenvalue weighted by atomic mass is 10.0. The fourth-order valence-corrected chi connectivity index (χ4v) is 2.90. The number of para-hydroxylation sites is 1. The van der Waals surface area contributed by atoms with Crippen LogP contribution in [0.3, 0.4) is 0 Å². The van der Waals surface area contributed by atoms with Gasteiger partial charge in [0.15, 0.2) is 0 Å². The highest BCUT2D eigenvalue weighted by Crippen LogP contribution is 2.44. The molecule has 1 N–H and O–H groups in total. The van der Waals surface area contributed by atoms with Crippen LogP contribution in [0.1, 0.15) is 41.0 Å². The van der Waals surface area contributed by atoms with Crippen molar-refractivity contribution in [1.82, 2.24) is 0 Å². The van der Waals surface area contributed by atoms with Crippen LogP contribution in [0.25, 0.3) is 0 Å². The first kappa shape index (κ1) is 16.4. The van der Waals surface area contributed by atoms with E-state index in [-0.39, 0.29) is 0 Å². The predicted molar refractivity (Wildman–Crippen MR) is 94.7 cm³/mol. The number of methoxy groups -OCH3 is 1. The van der Waals surface area contributed by atoms with Gasteiger partial charge in [-0.25, -0.2) is 4.79 Å². The van der Waals surface area contributed by atoms with Crippen molar-refractivity contribution in [3.63, 3.8) is 0 Å². The smallest absolute Gasteiger partial charge is 0.411 e. The van der Waals surface area contributed by atoms with Gasteiger partial charge in [-0.1, -0.05) is 35.9 Å². The summed E-state index contributed by atoms with van der Waals surface area (Å²) in [6.07, 6.45) is 1.88. The van der Waals surface area contributed by atoms with E-state index in [9.17, 15) is 4.79 Å². The molecule has 1 saturated carbocycles. The van der Waals surface area contributed by atoms with Gasteiger partial charge in [-0.15, -0.1) is 0 Å². The van der Waals surface area contributed by atoms with Gasteiger partial charge < -0.3 is 9.47 Å². The topological polar surface area (TPSA) is 47.6 Å². The second-order valence-corrected chi connectivity index (χ2v) is 6.33. The van der Waals surface area contributed by atoms with Crippen molar-refractivity contribution < 1.29 is 14.3 Å². The average molecular weight is 325 g/mol. The monoisotopic (exact) mass is 325 g/mol. The number of anilines is 1. The zero-order valence-electron chi connectivity index (χ0n) is 14.4. The molecular weight excluding hydrogens is 302 g/mol. The zero-order valence-corrected chi connectivity index (χ0v) is 14.4. The van der Waals surface area contributed by atoms with Crippen molar-refractivity contribution in [3.8, 4) is 5.75 Å². The third kappa shape index (κ3) is 3.70. The van der Waals surface area contributed by atoms with Gasteiger partial charge in [0.1, 0.15) is 12.4 Å². The van der Waals surface area contributed by atoms with Crippen molar-refractivity contribution in [3.05, 3.63) is 58.7 Å². The first-order valence-corrected chi connectivity index (χ1v) is 8.25. The molecule has 0 atom stereocenters. The molecule has 0 unspecified atom stereocenters. The van der Waals surface area contributed by atoms with Crippen molar-refractivity contribution >= 4 is 11.8 Å². The summed E-state index contributed by atoms with van der Waals surface area (Å²) in [7, 11) is 1.38. The van der Waals surface area contributed by atoms with Crippen LogP contribution in [-0.4, -0.2) is 13.2 Å². The second kappa shape index (κ2) is 6.95.